The van der Waals surface area contributed by atoms with Crippen LogP contribution in [0.15, 0.2) is 53.5 Å². The lowest BCUT2D eigenvalue weighted by Crippen LogP contribution is -2.48. The lowest BCUT2D eigenvalue weighted by molar-refractivity contribution is -0.00520. The van der Waals surface area contributed by atoms with Crippen LogP contribution in [0.25, 0.3) is 0 Å². The number of hydrogen-bond donors (Lipinski definition) is 1. The highest BCUT2D eigenvalue weighted by molar-refractivity contribution is 5.83. The first-order valence-electron chi connectivity index (χ1n) is 10.1. The van der Waals surface area contributed by atoms with Crippen LogP contribution in [0, 0.1) is 17.8 Å². The van der Waals surface area contributed by atoms with Crippen LogP contribution in [0.5, 0.6) is 5.75 Å². The van der Waals surface area contributed by atoms with Crippen molar-refractivity contribution in [2.75, 3.05) is 0 Å². The first-order valence-corrected chi connectivity index (χ1v) is 10.1. The van der Waals surface area contributed by atoms with Crippen molar-refractivity contribution in [2.24, 2.45) is 22.7 Å². The summed E-state index contributed by atoms with van der Waals surface area (Å²) in [5.74, 6) is 3.15. The number of phenols is 1. The van der Waals surface area contributed by atoms with Crippen LogP contribution >= 0.6 is 0 Å². The van der Waals surface area contributed by atoms with E-state index in [0.717, 1.165) is 23.3 Å². The fourth-order valence-electron chi connectivity index (χ4n) is 6.28. The van der Waals surface area contributed by atoms with E-state index in [4.69, 9.17) is 0 Å². The Kier molecular flexibility index (Phi) is 3.88. The number of rotatable bonds is 4. The summed E-state index contributed by atoms with van der Waals surface area (Å²) in [4.78, 5) is 4.58. The number of hydrogen-bond acceptors (Lipinski definition) is 2. The van der Waals surface area contributed by atoms with Gasteiger partial charge in [-0.1, -0.05) is 36.4 Å². The SMILES string of the molecule is Oc1ccc(C23CC4CC(CC(C4)C2)C3)cc1C=NCc1ccccc1. The molecule has 2 aromatic rings. The molecule has 0 spiro atoms. The van der Waals surface area contributed by atoms with Gasteiger partial charge in [0.05, 0.1) is 6.54 Å². The van der Waals surface area contributed by atoms with Gasteiger partial charge in [0, 0.05) is 11.8 Å². The average molecular weight is 345 g/mol. The number of benzene rings is 2. The van der Waals surface area contributed by atoms with Gasteiger partial charge in [0.2, 0.25) is 0 Å². The topological polar surface area (TPSA) is 32.6 Å². The predicted molar refractivity (Wildman–Crippen MR) is 106 cm³/mol. The Morgan fingerprint density at radius 1 is 0.923 bits per heavy atom. The van der Waals surface area contributed by atoms with Crippen LogP contribution in [0.3, 0.4) is 0 Å². The van der Waals surface area contributed by atoms with Crippen LogP contribution in [-0.4, -0.2) is 11.3 Å². The molecule has 0 saturated heterocycles. The van der Waals surface area contributed by atoms with E-state index in [0.29, 0.717) is 17.7 Å². The summed E-state index contributed by atoms with van der Waals surface area (Å²) in [5.41, 5.74) is 3.87. The highest BCUT2D eigenvalue weighted by Crippen LogP contribution is 2.60. The van der Waals surface area contributed by atoms with Gasteiger partial charge in [0.25, 0.3) is 0 Å². The zero-order valence-electron chi connectivity index (χ0n) is 15.3. The number of phenolic OH excluding ortho intramolecular Hbond substituents is 1. The molecule has 2 nitrogen and oxygen atoms in total. The van der Waals surface area contributed by atoms with E-state index in [9.17, 15) is 5.11 Å². The number of aromatic hydroxyl groups is 1. The van der Waals surface area contributed by atoms with Crippen molar-refractivity contribution >= 4 is 6.21 Å². The quantitative estimate of drug-likeness (QED) is 0.731. The van der Waals surface area contributed by atoms with Crippen LogP contribution < -0.4 is 0 Å². The molecule has 0 heterocycles. The molecule has 0 aliphatic heterocycles. The van der Waals surface area contributed by atoms with E-state index in [1.54, 1.807) is 0 Å². The molecule has 1 N–H and O–H groups in total. The second kappa shape index (κ2) is 6.26. The summed E-state index contributed by atoms with van der Waals surface area (Å²) in [5, 5.41) is 10.3. The molecule has 4 saturated carbocycles. The van der Waals surface area contributed by atoms with E-state index in [1.807, 2.05) is 30.5 Å². The first kappa shape index (κ1) is 16.1. The molecule has 2 aromatic carbocycles. The molecular weight excluding hydrogens is 318 g/mol. The third kappa shape index (κ3) is 2.86. The van der Waals surface area contributed by atoms with Crippen LogP contribution in [0.4, 0.5) is 0 Å². The monoisotopic (exact) mass is 345 g/mol. The summed E-state index contributed by atoms with van der Waals surface area (Å²) in [7, 11) is 0. The highest BCUT2D eigenvalue weighted by atomic mass is 16.3. The van der Waals surface area contributed by atoms with Gasteiger partial charge in [-0.25, -0.2) is 0 Å². The minimum absolute atomic E-state index is 0.343. The minimum atomic E-state index is 0.343. The minimum Gasteiger partial charge on any atom is -0.507 e. The van der Waals surface area contributed by atoms with Gasteiger partial charge in [-0.05, 0) is 85.0 Å². The van der Waals surface area contributed by atoms with E-state index < -0.39 is 0 Å². The van der Waals surface area contributed by atoms with Crippen molar-refractivity contribution in [3.8, 4) is 5.75 Å². The van der Waals surface area contributed by atoms with Crippen LogP contribution in [-0.2, 0) is 12.0 Å². The smallest absolute Gasteiger partial charge is 0.124 e. The molecule has 0 aromatic heterocycles. The molecular formula is C24H27NO. The second-order valence-electron chi connectivity index (χ2n) is 8.93. The summed E-state index contributed by atoms with van der Waals surface area (Å²) in [6.07, 6.45) is 10.3. The molecule has 134 valence electrons. The van der Waals surface area contributed by atoms with E-state index >= 15 is 0 Å². The van der Waals surface area contributed by atoms with Crippen molar-refractivity contribution < 1.29 is 5.11 Å². The summed E-state index contributed by atoms with van der Waals surface area (Å²) < 4.78 is 0. The Morgan fingerprint density at radius 2 is 1.58 bits per heavy atom. The van der Waals surface area contributed by atoms with Gasteiger partial charge < -0.3 is 5.11 Å². The average Bonchev–Trinajstić information content (AvgIpc) is 2.63. The normalized spacial score (nSPS) is 32.4. The molecule has 0 unspecified atom stereocenters. The fourth-order valence-corrected chi connectivity index (χ4v) is 6.28. The lowest BCUT2D eigenvalue weighted by Gasteiger charge is -2.57. The van der Waals surface area contributed by atoms with Crippen molar-refractivity contribution in [1.29, 1.82) is 0 Å². The number of aliphatic imine (C=N–C) groups is 1. The maximum atomic E-state index is 10.3. The molecule has 2 heteroatoms. The molecule has 4 aliphatic rings. The standard InChI is InChI=1S/C24H27NO/c26-23-7-6-22(11-21(23)16-25-15-17-4-2-1-3-5-17)24-12-18-8-19(13-24)10-20(9-18)14-24/h1-7,11,16,18-20,26H,8-10,12-15H2. The largest absolute Gasteiger partial charge is 0.507 e. The molecule has 0 amide bonds. The Hall–Kier alpha value is -2.09. The molecule has 4 aliphatic carbocycles. The third-order valence-electron chi connectivity index (χ3n) is 7.03. The van der Waals surface area contributed by atoms with Crippen LogP contribution in [0.1, 0.15) is 55.2 Å². The van der Waals surface area contributed by atoms with Crippen LogP contribution in [0.2, 0.25) is 0 Å². The van der Waals surface area contributed by atoms with Crippen molar-refractivity contribution in [3.63, 3.8) is 0 Å². The lowest BCUT2D eigenvalue weighted by atomic mass is 9.48. The zero-order chi connectivity index (χ0) is 17.6. The predicted octanol–water partition coefficient (Wildman–Crippen LogP) is 5.48. The van der Waals surface area contributed by atoms with Gasteiger partial charge in [0.1, 0.15) is 5.75 Å². The highest BCUT2D eigenvalue weighted by Gasteiger charge is 2.51. The van der Waals surface area contributed by atoms with Gasteiger partial charge in [-0.3, -0.25) is 4.99 Å². The van der Waals surface area contributed by atoms with E-state index in [1.165, 1.54) is 49.7 Å². The molecule has 0 atom stereocenters. The van der Waals surface area contributed by atoms with E-state index in [2.05, 4.69) is 29.3 Å². The van der Waals surface area contributed by atoms with E-state index in [-0.39, 0.29) is 0 Å². The Balaban J connectivity index is 1.40. The maximum Gasteiger partial charge on any atom is 0.124 e. The number of nitrogens with zero attached hydrogens (tertiary/aromatic N) is 1. The summed E-state index contributed by atoms with van der Waals surface area (Å²) in [6.45, 7) is 0.655. The summed E-state index contributed by atoms with van der Waals surface area (Å²) in [6, 6.07) is 16.6. The molecule has 4 fully saturated rings. The summed E-state index contributed by atoms with van der Waals surface area (Å²) >= 11 is 0. The van der Waals surface area contributed by atoms with Crippen molar-refractivity contribution in [3.05, 3.63) is 65.2 Å². The molecule has 26 heavy (non-hydrogen) atoms. The van der Waals surface area contributed by atoms with Crippen molar-refractivity contribution in [1.82, 2.24) is 0 Å². The Labute approximate surface area is 156 Å². The third-order valence-corrected chi connectivity index (χ3v) is 7.03. The maximum absolute atomic E-state index is 10.3. The first-order chi connectivity index (χ1) is 12.7. The van der Waals surface area contributed by atoms with Gasteiger partial charge in [0.15, 0.2) is 0 Å². The fraction of sp³-hybridized carbons (Fsp3) is 0.458. The van der Waals surface area contributed by atoms with Gasteiger partial charge >= 0.3 is 0 Å². The van der Waals surface area contributed by atoms with Gasteiger partial charge in [-0.15, -0.1) is 0 Å². The Bertz CT molecular complexity index is 788. The molecule has 4 bridgehead atoms. The second-order valence-corrected chi connectivity index (χ2v) is 8.93. The zero-order valence-corrected chi connectivity index (χ0v) is 15.3. The van der Waals surface area contributed by atoms with Gasteiger partial charge in [-0.2, -0.15) is 0 Å². The molecule has 6 rings (SSSR count). The molecule has 0 radical (unpaired) electrons. The Morgan fingerprint density at radius 3 is 2.23 bits per heavy atom. The van der Waals surface area contributed by atoms with Crippen molar-refractivity contribution in [2.45, 2.75) is 50.5 Å².